The van der Waals surface area contributed by atoms with Gasteiger partial charge in [0, 0.05) is 30.4 Å². The molecule has 2 aliphatic rings. The molecule has 1 aromatic heterocycles. The molecule has 10 nitrogen and oxygen atoms in total. The lowest BCUT2D eigenvalue weighted by molar-refractivity contribution is -0.126. The predicted molar refractivity (Wildman–Crippen MR) is 126 cm³/mol. The molecule has 35 heavy (non-hydrogen) atoms. The van der Waals surface area contributed by atoms with Gasteiger partial charge >= 0.3 is 6.03 Å². The van der Waals surface area contributed by atoms with Crippen molar-refractivity contribution in [3.05, 3.63) is 53.6 Å². The summed E-state index contributed by atoms with van der Waals surface area (Å²) < 4.78 is 11.3. The molecule has 3 heterocycles. The zero-order valence-electron chi connectivity index (χ0n) is 19.3. The van der Waals surface area contributed by atoms with E-state index in [1.54, 1.807) is 24.3 Å². The second-order valence-electron chi connectivity index (χ2n) is 8.70. The van der Waals surface area contributed by atoms with E-state index in [1.165, 1.54) is 7.05 Å². The first-order valence-corrected chi connectivity index (χ1v) is 11.3. The standard InChI is InChI=1S/C25H24N6O4/c1-14-12-31-20-8-7-17(22-28-24(35-30-22)16-5-3-15(11-26)4-6-16)9-18(20)10-19(21(31)13-34-14)23(32)29-25(33)27-2/h3-9,14,19,21H,10,12-13H2,1-2H3,(H2,27,29,32,33)/t14-,19-,21?/m1/s1. The third-order valence-electron chi connectivity index (χ3n) is 6.44. The lowest BCUT2D eigenvalue weighted by atomic mass is 9.83. The number of rotatable bonds is 3. The molecule has 1 unspecified atom stereocenters. The third-order valence-corrected chi connectivity index (χ3v) is 6.44. The van der Waals surface area contributed by atoms with E-state index in [0.717, 1.165) is 22.4 Å². The van der Waals surface area contributed by atoms with Crippen molar-refractivity contribution in [2.24, 2.45) is 5.92 Å². The average molecular weight is 473 g/mol. The molecule has 3 aromatic rings. The van der Waals surface area contributed by atoms with E-state index in [0.29, 0.717) is 36.9 Å². The number of urea groups is 1. The van der Waals surface area contributed by atoms with Crippen LogP contribution in [0.25, 0.3) is 22.8 Å². The zero-order valence-corrected chi connectivity index (χ0v) is 19.3. The van der Waals surface area contributed by atoms with Crippen molar-refractivity contribution in [2.75, 3.05) is 25.1 Å². The van der Waals surface area contributed by atoms with Gasteiger partial charge in [-0.15, -0.1) is 0 Å². The number of hydrogen-bond acceptors (Lipinski definition) is 8. The molecule has 1 fully saturated rings. The lowest BCUT2D eigenvalue weighted by Crippen LogP contribution is -2.59. The summed E-state index contributed by atoms with van der Waals surface area (Å²) in [6.45, 7) is 3.06. The number of nitrogens with one attached hydrogen (secondary N) is 2. The van der Waals surface area contributed by atoms with Gasteiger partial charge in [-0.3, -0.25) is 10.1 Å². The maximum absolute atomic E-state index is 13.0. The fourth-order valence-corrected chi connectivity index (χ4v) is 4.65. The fraction of sp³-hybridized carbons (Fsp3) is 0.320. The number of carbonyl (C=O) groups excluding carboxylic acids is 2. The number of carbonyl (C=O) groups is 2. The van der Waals surface area contributed by atoms with Gasteiger partial charge in [-0.25, -0.2) is 4.79 Å². The van der Waals surface area contributed by atoms with Gasteiger partial charge < -0.3 is 19.5 Å². The third kappa shape index (κ3) is 4.34. The van der Waals surface area contributed by atoms with E-state index < -0.39 is 11.9 Å². The van der Waals surface area contributed by atoms with Gasteiger partial charge in [0.2, 0.25) is 11.7 Å². The summed E-state index contributed by atoms with van der Waals surface area (Å²) in [4.78, 5) is 31.5. The molecule has 5 rings (SSSR count). The summed E-state index contributed by atoms with van der Waals surface area (Å²) >= 11 is 0. The number of fused-ring (bicyclic) bond motifs is 3. The zero-order chi connectivity index (χ0) is 24.5. The molecule has 0 radical (unpaired) electrons. The summed E-state index contributed by atoms with van der Waals surface area (Å²) in [5, 5.41) is 18.0. The van der Waals surface area contributed by atoms with Gasteiger partial charge in [0.15, 0.2) is 0 Å². The van der Waals surface area contributed by atoms with Crippen LogP contribution >= 0.6 is 0 Å². The molecule has 0 saturated carbocycles. The molecule has 178 valence electrons. The number of nitriles is 1. The van der Waals surface area contributed by atoms with E-state index >= 15 is 0 Å². The number of anilines is 1. The number of hydrogen-bond donors (Lipinski definition) is 2. The number of ether oxygens (including phenoxy) is 1. The van der Waals surface area contributed by atoms with Crippen molar-refractivity contribution in [1.29, 1.82) is 5.26 Å². The summed E-state index contributed by atoms with van der Waals surface area (Å²) in [5.74, 6) is -0.0126. The van der Waals surface area contributed by atoms with Gasteiger partial charge in [-0.1, -0.05) is 5.16 Å². The molecule has 1 saturated heterocycles. The van der Waals surface area contributed by atoms with Crippen molar-refractivity contribution in [3.8, 4) is 28.9 Å². The first-order valence-electron chi connectivity index (χ1n) is 11.3. The lowest BCUT2D eigenvalue weighted by Gasteiger charge is -2.47. The van der Waals surface area contributed by atoms with E-state index in [2.05, 4.69) is 31.7 Å². The van der Waals surface area contributed by atoms with Crippen LogP contribution in [0.1, 0.15) is 18.1 Å². The molecular weight excluding hydrogens is 448 g/mol. The Labute approximate surface area is 201 Å². The van der Waals surface area contributed by atoms with Gasteiger partial charge in [0.1, 0.15) is 0 Å². The van der Waals surface area contributed by atoms with E-state index in [4.69, 9.17) is 14.5 Å². The van der Waals surface area contributed by atoms with Crippen LogP contribution in [0.15, 0.2) is 47.0 Å². The quantitative estimate of drug-likeness (QED) is 0.594. The minimum absolute atomic E-state index is 0.0201. The molecule has 2 aliphatic heterocycles. The van der Waals surface area contributed by atoms with Crippen LogP contribution in [0.3, 0.4) is 0 Å². The van der Waals surface area contributed by atoms with Crippen LogP contribution in [0.4, 0.5) is 10.5 Å². The van der Waals surface area contributed by atoms with Crippen LogP contribution in [-0.2, 0) is 16.0 Å². The SMILES string of the molecule is CNC(=O)NC(=O)[C@@H]1Cc2cc(-c3noc(-c4ccc(C#N)cc4)n3)ccc2N2C[C@@H](C)OCC12. The van der Waals surface area contributed by atoms with E-state index in [-0.39, 0.29) is 18.1 Å². The molecule has 0 aliphatic carbocycles. The Morgan fingerprint density at radius 3 is 2.69 bits per heavy atom. The smallest absolute Gasteiger partial charge is 0.321 e. The Morgan fingerprint density at radius 2 is 1.94 bits per heavy atom. The molecule has 2 aromatic carbocycles. The van der Waals surface area contributed by atoms with Gasteiger partial charge in [-0.2, -0.15) is 10.2 Å². The number of imide groups is 1. The highest BCUT2D eigenvalue weighted by Crippen LogP contribution is 2.38. The second kappa shape index (κ2) is 9.19. The highest BCUT2D eigenvalue weighted by molar-refractivity contribution is 5.96. The van der Waals surface area contributed by atoms with E-state index in [9.17, 15) is 9.59 Å². The maximum Gasteiger partial charge on any atom is 0.321 e. The molecule has 0 bridgehead atoms. The van der Waals surface area contributed by atoms with Crippen molar-refractivity contribution < 1.29 is 18.8 Å². The Kier molecular flexibility index (Phi) is 5.93. The average Bonchev–Trinajstić information content (AvgIpc) is 3.38. The minimum Gasteiger partial charge on any atom is -0.375 e. The highest BCUT2D eigenvalue weighted by Gasteiger charge is 2.42. The molecule has 10 heteroatoms. The molecule has 0 spiro atoms. The van der Waals surface area contributed by atoms with Gasteiger partial charge in [-0.05, 0) is 61.4 Å². The topological polar surface area (TPSA) is 133 Å². The van der Waals surface area contributed by atoms with Crippen LogP contribution in [0, 0.1) is 17.2 Å². The maximum atomic E-state index is 13.0. The molecule has 2 N–H and O–H groups in total. The van der Waals surface area contributed by atoms with E-state index in [1.807, 2.05) is 25.1 Å². The second-order valence-corrected chi connectivity index (χ2v) is 8.70. The number of nitrogens with zero attached hydrogens (tertiary/aromatic N) is 4. The molecular formula is C25H24N6O4. The van der Waals surface area contributed by atoms with Crippen molar-refractivity contribution >= 4 is 17.6 Å². The van der Waals surface area contributed by atoms with Crippen LogP contribution in [0.2, 0.25) is 0 Å². The van der Waals surface area contributed by atoms with Crippen LogP contribution in [-0.4, -0.2) is 54.4 Å². The van der Waals surface area contributed by atoms with Crippen molar-refractivity contribution in [2.45, 2.75) is 25.5 Å². The Morgan fingerprint density at radius 1 is 1.17 bits per heavy atom. The van der Waals surface area contributed by atoms with Crippen LogP contribution < -0.4 is 15.5 Å². The first kappa shape index (κ1) is 22.6. The number of morpholine rings is 1. The summed E-state index contributed by atoms with van der Waals surface area (Å²) in [6.07, 6.45) is 0.470. The molecule has 3 atom stereocenters. The van der Waals surface area contributed by atoms with Crippen molar-refractivity contribution in [1.82, 2.24) is 20.8 Å². The van der Waals surface area contributed by atoms with Crippen molar-refractivity contribution in [3.63, 3.8) is 0 Å². The van der Waals surface area contributed by atoms with Gasteiger partial charge in [0.05, 0.1) is 36.3 Å². The monoisotopic (exact) mass is 472 g/mol. The Bertz CT molecular complexity index is 1310. The Hall–Kier alpha value is -4.23. The fourth-order valence-electron chi connectivity index (χ4n) is 4.65. The summed E-state index contributed by atoms with van der Waals surface area (Å²) in [7, 11) is 1.47. The van der Waals surface area contributed by atoms with Crippen LogP contribution in [0.5, 0.6) is 0 Å². The number of amides is 3. The summed E-state index contributed by atoms with van der Waals surface area (Å²) in [5.41, 5.74) is 4.03. The normalized spacial score (nSPS) is 20.8. The number of aromatic nitrogens is 2. The predicted octanol–water partition coefficient (Wildman–Crippen LogP) is 2.50. The largest absolute Gasteiger partial charge is 0.375 e. The molecule has 3 amide bonds. The minimum atomic E-state index is -0.534. The summed E-state index contributed by atoms with van der Waals surface area (Å²) in [6, 6.07) is 14.2. The number of benzene rings is 2. The highest BCUT2D eigenvalue weighted by atomic mass is 16.5. The van der Waals surface area contributed by atoms with Gasteiger partial charge in [0.25, 0.3) is 5.89 Å². The Balaban J connectivity index is 1.46. The first-order chi connectivity index (χ1) is 17.0.